The van der Waals surface area contributed by atoms with E-state index in [1.54, 1.807) is 6.08 Å². The van der Waals surface area contributed by atoms with Gasteiger partial charge in [-0.15, -0.1) is 0 Å². The lowest BCUT2D eigenvalue weighted by Crippen LogP contribution is -1.82. The van der Waals surface area contributed by atoms with Crippen LogP contribution in [0.3, 0.4) is 0 Å². The zero-order valence-electron chi connectivity index (χ0n) is 8.26. The van der Waals surface area contributed by atoms with Crippen molar-refractivity contribution in [2.45, 2.75) is 13.3 Å². The lowest BCUT2D eigenvalue weighted by atomic mass is 10.2. The Morgan fingerprint density at radius 2 is 2.00 bits per heavy atom. The van der Waals surface area contributed by atoms with Crippen LogP contribution >= 0.6 is 7.37 Å². The minimum atomic E-state index is -3.04. The molecule has 3 heteroatoms. The van der Waals surface area contributed by atoms with E-state index in [0.717, 1.165) is 12.0 Å². The summed E-state index contributed by atoms with van der Waals surface area (Å²) in [7, 11) is -3.04. The molecule has 0 saturated carbocycles. The Bertz CT molecular complexity index is 344. The van der Waals surface area contributed by atoms with Crippen molar-refractivity contribution >= 4 is 13.4 Å². The van der Waals surface area contributed by atoms with Crippen LogP contribution < -0.4 is 0 Å². The van der Waals surface area contributed by atoms with Crippen LogP contribution in [0.4, 0.5) is 0 Å². The third-order valence-electron chi connectivity index (χ3n) is 1.84. The molecule has 1 aromatic rings. The molecular weight excluding hydrogens is 195 g/mol. The van der Waals surface area contributed by atoms with Crippen LogP contribution in [0, 0.1) is 0 Å². The fraction of sp³-hybridized carbons (Fsp3) is 0.273. The zero-order chi connectivity index (χ0) is 10.4. The Balaban J connectivity index is 2.69. The van der Waals surface area contributed by atoms with E-state index in [1.165, 1.54) is 5.82 Å². The highest BCUT2D eigenvalue weighted by atomic mass is 31.2. The predicted molar refractivity (Wildman–Crippen MR) is 60.5 cm³/mol. The van der Waals surface area contributed by atoms with Crippen LogP contribution in [0.5, 0.6) is 0 Å². The average Bonchev–Trinajstić information content (AvgIpc) is 2.17. The molecule has 2 nitrogen and oxygen atoms in total. The summed E-state index contributed by atoms with van der Waals surface area (Å²) in [6.45, 7) is 1.90. The minimum absolute atomic E-state index is 0.357. The summed E-state index contributed by atoms with van der Waals surface area (Å²) in [6.07, 6.45) is 2.79. The summed E-state index contributed by atoms with van der Waals surface area (Å²) in [6, 6.07) is 9.54. The van der Waals surface area contributed by atoms with Crippen molar-refractivity contribution in [1.29, 1.82) is 0 Å². The van der Waals surface area contributed by atoms with E-state index < -0.39 is 7.37 Å². The van der Waals surface area contributed by atoms with Gasteiger partial charge in [0.25, 0.3) is 0 Å². The van der Waals surface area contributed by atoms with E-state index in [4.69, 9.17) is 0 Å². The molecular formula is C11H15O2P. The van der Waals surface area contributed by atoms with Gasteiger partial charge >= 0.3 is 0 Å². The van der Waals surface area contributed by atoms with Crippen molar-refractivity contribution in [3.63, 3.8) is 0 Å². The second kappa shape index (κ2) is 5.14. The Hall–Kier alpha value is -0.850. The highest BCUT2D eigenvalue weighted by Crippen LogP contribution is 2.43. The van der Waals surface area contributed by atoms with Gasteiger partial charge in [-0.2, -0.15) is 0 Å². The van der Waals surface area contributed by atoms with Crippen LogP contribution in [0.15, 0.2) is 36.1 Å². The lowest BCUT2D eigenvalue weighted by Gasteiger charge is -2.03. The van der Waals surface area contributed by atoms with Crippen molar-refractivity contribution in [2.24, 2.45) is 0 Å². The monoisotopic (exact) mass is 210 g/mol. The van der Waals surface area contributed by atoms with E-state index in [1.807, 2.05) is 37.3 Å². The Kier molecular flexibility index (Phi) is 4.12. The van der Waals surface area contributed by atoms with Gasteiger partial charge in [-0.3, -0.25) is 4.57 Å². The molecule has 0 heterocycles. The standard InChI is InChI=1S/C11H15O2P/c1-2-9-14(12,13)10-8-11-6-4-3-5-7-11/h3-8,10H,2,9H2,1H3,(H,12,13)/b10-8+. The van der Waals surface area contributed by atoms with Crippen molar-refractivity contribution < 1.29 is 9.46 Å². The van der Waals surface area contributed by atoms with Crippen LogP contribution in [0.2, 0.25) is 0 Å². The molecule has 14 heavy (non-hydrogen) atoms. The Morgan fingerprint density at radius 3 is 2.57 bits per heavy atom. The van der Waals surface area contributed by atoms with Gasteiger partial charge in [-0.05, 0) is 18.1 Å². The minimum Gasteiger partial charge on any atom is -0.341 e. The van der Waals surface area contributed by atoms with Gasteiger partial charge < -0.3 is 4.89 Å². The molecule has 0 aliphatic carbocycles. The second-order valence-corrected chi connectivity index (χ2v) is 5.46. The number of rotatable bonds is 4. The first kappa shape index (κ1) is 11.2. The molecule has 0 radical (unpaired) electrons. The maximum absolute atomic E-state index is 11.5. The fourth-order valence-corrected chi connectivity index (χ4v) is 2.36. The van der Waals surface area contributed by atoms with E-state index in [2.05, 4.69) is 0 Å². The molecule has 0 aromatic heterocycles. The molecule has 76 valence electrons. The maximum atomic E-state index is 11.5. The molecule has 0 fully saturated rings. The summed E-state index contributed by atoms with van der Waals surface area (Å²) in [4.78, 5) is 9.44. The topological polar surface area (TPSA) is 37.3 Å². The van der Waals surface area contributed by atoms with Crippen LogP contribution in [0.25, 0.3) is 6.08 Å². The molecule has 0 aliphatic heterocycles. The van der Waals surface area contributed by atoms with Gasteiger partial charge in [0.15, 0.2) is 0 Å². The lowest BCUT2D eigenvalue weighted by molar-refractivity contribution is 0.488. The van der Waals surface area contributed by atoms with Crippen molar-refractivity contribution in [3.05, 3.63) is 41.7 Å². The number of hydrogen-bond acceptors (Lipinski definition) is 1. The first-order valence-corrected chi connectivity index (χ1v) is 6.61. The van der Waals surface area contributed by atoms with Crippen molar-refractivity contribution in [3.8, 4) is 0 Å². The highest BCUT2D eigenvalue weighted by molar-refractivity contribution is 7.61. The largest absolute Gasteiger partial charge is 0.341 e. The third-order valence-corrected chi connectivity index (χ3v) is 3.55. The molecule has 0 spiro atoms. The third kappa shape index (κ3) is 3.91. The summed E-state index contributed by atoms with van der Waals surface area (Å²) in [5.41, 5.74) is 0.956. The molecule has 0 bridgehead atoms. The van der Waals surface area contributed by atoms with Crippen LogP contribution in [-0.4, -0.2) is 11.1 Å². The first-order valence-electron chi connectivity index (χ1n) is 4.70. The second-order valence-electron chi connectivity index (χ2n) is 3.21. The Labute approximate surface area is 84.7 Å². The summed E-state index contributed by atoms with van der Waals surface area (Å²) >= 11 is 0. The molecule has 0 aliphatic rings. The number of hydrogen-bond donors (Lipinski definition) is 1. The van der Waals surface area contributed by atoms with Gasteiger partial charge in [0.2, 0.25) is 7.37 Å². The molecule has 0 saturated heterocycles. The van der Waals surface area contributed by atoms with Gasteiger partial charge in [-0.25, -0.2) is 0 Å². The quantitative estimate of drug-likeness (QED) is 0.774. The maximum Gasteiger partial charge on any atom is 0.222 e. The molecule has 1 rings (SSSR count). The van der Waals surface area contributed by atoms with Crippen molar-refractivity contribution in [1.82, 2.24) is 0 Å². The summed E-state index contributed by atoms with van der Waals surface area (Å²) in [5, 5.41) is 0. The smallest absolute Gasteiger partial charge is 0.222 e. The van der Waals surface area contributed by atoms with Gasteiger partial charge in [0.05, 0.1) is 0 Å². The van der Waals surface area contributed by atoms with Crippen LogP contribution in [0.1, 0.15) is 18.9 Å². The fourth-order valence-electron chi connectivity index (χ4n) is 1.16. The molecule has 0 amide bonds. The zero-order valence-corrected chi connectivity index (χ0v) is 9.15. The van der Waals surface area contributed by atoms with E-state index >= 15 is 0 Å². The predicted octanol–water partition coefficient (Wildman–Crippen LogP) is 3.34. The summed E-state index contributed by atoms with van der Waals surface area (Å²) in [5.74, 6) is 1.42. The molecule has 1 unspecified atom stereocenters. The van der Waals surface area contributed by atoms with E-state index in [-0.39, 0.29) is 0 Å². The molecule has 1 aromatic carbocycles. The van der Waals surface area contributed by atoms with Gasteiger partial charge in [0, 0.05) is 12.0 Å². The van der Waals surface area contributed by atoms with E-state index in [0.29, 0.717) is 6.16 Å². The average molecular weight is 210 g/mol. The SMILES string of the molecule is CCCP(=O)(O)/C=C/c1ccccc1. The molecule has 1 N–H and O–H groups in total. The van der Waals surface area contributed by atoms with Gasteiger partial charge in [0.1, 0.15) is 0 Å². The van der Waals surface area contributed by atoms with E-state index in [9.17, 15) is 9.46 Å². The van der Waals surface area contributed by atoms with Crippen molar-refractivity contribution in [2.75, 3.05) is 6.16 Å². The first-order chi connectivity index (χ1) is 6.64. The highest BCUT2D eigenvalue weighted by Gasteiger charge is 2.10. The molecule has 1 atom stereocenters. The van der Waals surface area contributed by atoms with Gasteiger partial charge in [-0.1, -0.05) is 37.3 Å². The summed E-state index contributed by atoms with van der Waals surface area (Å²) < 4.78 is 11.5. The normalized spacial score (nSPS) is 15.6. The number of benzene rings is 1. The Morgan fingerprint density at radius 1 is 1.36 bits per heavy atom. The van der Waals surface area contributed by atoms with Crippen LogP contribution in [-0.2, 0) is 4.57 Å².